The van der Waals surface area contributed by atoms with Crippen LogP contribution in [-0.2, 0) is 0 Å². The molecular formula is C10H15BrN4OS. The number of anilines is 1. The Bertz CT molecular complexity index is 397. The second-order valence-electron chi connectivity index (χ2n) is 4.17. The van der Waals surface area contributed by atoms with E-state index in [9.17, 15) is 4.79 Å². The number of halogens is 1. The van der Waals surface area contributed by atoms with Crippen LogP contribution in [0.15, 0.2) is 9.98 Å². The number of rotatable bonds is 2. The number of aromatic nitrogens is 1. The van der Waals surface area contributed by atoms with Crippen LogP contribution in [0.25, 0.3) is 0 Å². The van der Waals surface area contributed by atoms with Gasteiger partial charge in [-0.05, 0) is 42.4 Å². The van der Waals surface area contributed by atoms with Crippen molar-refractivity contribution in [2.75, 3.05) is 25.5 Å². The van der Waals surface area contributed by atoms with Crippen LogP contribution in [-0.4, -0.2) is 42.1 Å². The molecule has 0 unspecified atom stereocenters. The first-order valence-electron chi connectivity index (χ1n) is 5.51. The minimum atomic E-state index is -0.174. The minimum Gasteiger partial charge on any atom is -0.334 e. The van der Waals surface area contributed by atoms with Gasteiger partial charge in [-0.3, -0.25) is 5.32 Å². The number of likely N-dealkylation sites (N-methyl/N-ethyl adjacent to an activating group) is 1. The molecule has 1 aliphatic rings. The summed E-state index contributed by atoms with van der Waals surface area (Å²) in [4.78, 5) is 18.0. The topological polar surface area (TPSA) is 57.3 Å². The molecule has 0 aliphatic carbocycles. The predicted octanol–water partition coefficient (Wildman–Crippen LogP) is 2.12. The van der Waals surface area contributed by atoms with Gasteiger partial charge in [-0.2, -0.15) is 0 Å². The molecule has 1 aromatic heterocycles. The highest BCUT2D eigenvalue weighted by molar-refractivity contribution is 9.11. The lowest BCUT2D eigenvalue weighted by Gasteiger charge is -2.30. The van der Waals surface area contributed by atoms with E-state index in [1.165, 1.54) is 11.3 Å². The van der Waals surface area contributed by atoms with E-state index < -0.39 is 0 Å². The highest BCUT2D eigenvalue weighted by Crippen LogP contribution is 2.22. The fraction of sp³-hybridized carbons (Fsp3) is 0.600. The summed E-state index contributed by atoms with van der Waals surface area (Å²) in [6.45, 7) is 2.02. The molecule has 94 valence electrons. The normalized spacial score (nSPS) is 21.2. The molecule has 1 fully saturated rings. The van der Waals surface area contributed by atoms with Gasteiger partial charge in [-0.1, -0.05) is 11.3 Å². The summed E-state index contributed by atoms with van der Waals surface area (Å²) in [5.74, 6) is 0. The zero-order chi connectivity index (χ0) is 12.3. The molecule has 2 heterocycles. The van der Waals surface area contributed by atoms with E-state index in [2.05, 4.69) is 43.5 Å². The smallest absolute Gasteiger partial charge is 0.321 e. The molecule has 0 saturated carbocycles. The van der Waals surface area contributed by atoms with Crippen LogP contribution in [0.2, 0.25) is 0 Å². The minimum absolute atomic E-state index is 0.174. The number of carbonyl (C=O) groups is 1. The lowest BCUT2D eigenvalue weighted by molar-refractivity contribution is 0.216. The van der Waals surface area contributed by atoms with E-state index in [1.807, 2.05) is 0 Å². The van der Waals surface area contributed by atoms with Gasteiger partial charge in [-0.15, -0.1) is 0 Å². The van der Waals surface area contributed by atoms with Crippen LogP contribution in [0, 0.1) is 0 Å². The summed E-state index contributed by atoms with van der Waals surface area (Å²) >= 11 is 4.71. The van der Waals surface area contributed by atoms with Crippen molar-refractivity contribution in [3.8, 4) is 0 Å². The summed E-state index contributed by atoms with van der Waals surface area (Å²) < 4.78 is 0.908. The summed E-state index contributed by atoms with van der Waals surface area (Å²) in [6, 6.07) is 0.0595. The van der Waals surface area contributed by atoms with Crippen molar-refractivity contribution in [1.29, 1.82) is 0 Å². The van der Waals surface area contributed by atoms with Crippen molar-refractivity contribution in [1.82, 2.24) is 15.2 Å². The number of urea groups is 1. The third-order valence-electron chi connectivity index (χ3n) is 2.66. The maximum absolute atomic E-state index is 11.7. The third-order valence-corrected chi connectivity index (χ3v) is 4.05. The van der Waals surface area contributed by atoms with Crippen LogP contribution in [0.3, 0.4) is 0 Å². The van der Waals surface area contributed by atoms with Crippen LogP contribution in [0.1, 0.15) is 12.8 Å². The summed E-state index contributed by atoms with van der Waals surface area (Å²) in [5, 5.41) is 6.31. The molecule has 1 saturated heterocycles. The molecule has 7 heteroatoms. The largest absolute Gasteiger partial charge is 0.334 e. The van der Waals surface area contributed by atoms with E-state index in [4.69, 9.17) is 0 Å². The number of carbonyl (C=O) groups excluding carboxylic acids is 1. The molecule has 1 aromatic rings. The average Bonchev–Trinajstić information content (AvgIpc) is 2.63. The molecule has 1 aliphatic heterocycles. The Morgan fingerprint density at radius 1 is 1.71 bits per heavy atom. The quantitative estimate of drug-likeness (QED) is 0.878. The van der Waals surface area contributed by atoms with Gasteiger partial charge in [0.25, 0.3) is 0 Å². The van der Waals surface area contributed by atoms with E-state index in [1.54, 1.807) is 6.20 Å². The summed E-state index contributed by atoms with van der Waals surface area (Å²) in [5.41, 5.74) is 0. The number of piperidine rings is 1. The highest BCUT2D eigenvalue weighted by atomic mass is 79.9. The van der Waals surface area contributed by atoms with Gasteiger partial charge in [-0.25, -0.2) is 9.78 Å². The van der Waals surface area contributed by atoms with Gasteiger partial charge in [0.1, 0.15) is 0 Å². The van der Waals surface area contributed by atoms with Crippen LogP contribution >= 0.6 is 27.3 Å². The van der Waals surface area contributed by atoms with Crippen molar-refractivity contribution >= 4 is 38.4 Å². The van der Waals surface area contributed by atoms with Gasteiger partial charge >= 0.3 is 6.03 Å². The van der Waals surface area contributed by atoms with E-state index in [0.717, 1.165) is 29.7 Å². The van der Waals surface area contributed by atoms with Crippen LogP contribution < -0.4 is 10.6 Å². The van der Waals surface area contributed by atoms with E-state index in [-0.39, 0.29) is 12.1 Å². The Balaban J connectivity index is 1.80. The number of thiazole rings is 1. The van der Waals surface area contributed by atoms with Crippen molar-refractivity contribution in [3.05, 3.63) is 9.98 Å². The van der Waals surface area contributed by atoms with Crippen molar-refractivity contribution in [3.63, 3.8) is 0 Å². The Morgan fingerprint density at radius 3 is 3.18 bits per heavy atom. The zero-order valence-corrected chi connectivity index (χ0v) is 12.0. The lowest BCUT2D eigenvalue weighted by atomic mass is 10.1. The number of nitrogens with zero attached hydrogens (tertiary/aromatic N) is 2. The monoisotopic (exact) mass is 318 g/mol. The molecule has 1 atom stereocenters. The Hall–Kier alpha value is -0.660. The van der Waals surface area contributed by atoms with Gasteiger partial charge in [0.15, 0.2) is 5.13 Å². The molecule has 0 bridgehead atoms. The molecule has 2 amide bonds. The Morgan fingerprint density at radius 2 is 2.53 bits per heavy atom. The molecule has 2 rings (SSSR count). The number of likely N-dealkylation sites (tertiary alicyclic amines) is 1. The summed E-state index contributed by atoms with van der Waals surface area (Å²) in [6.07, 6.45) is 3.85. The van der Waals surface area contributed by atoms with E-state index in [0.29, 0.717) is 5.13 Å². The van der Waals surface area contributed by atoms with Crippen molar-refractivity contribution < 1.29 is 4.79 Å². The average molecular weight is 319 g/mol. The Labute approximate surface area is 113 Å². The Kier molecular flexibility index (Phi) is 4.36. The molecule has 2 N–H and O–H groups in total. The zero-order valence-electron chi connectivity index (χ0n) is 9.57. The van der Waals surface area contributed by atoms with Crippen LogP contribution in [0.4, 0.5) is 9.93 Å². The van der Waals surface area contributed by atoms with E-state index >= 15 is 0 Å². The second kappa shape index (κ2) is 5.79. The fourth-order valence-electron chi connectivity index (χ4n) is 1.92. The molecule has 0 spiro atoms. The molecule has 17 heavy (non-hydrogen) atoms. The maximum atomic E-state index is 11.7. The number of hydrogen-bond donors (Lipinski definition) is 2. The van der Waals surface area contributed by atoms with Crippen molar-refractivity contribution in [2.24, 2.45) is 0 Å². The fourth-order valence-corrected chi connectivity index (χ4v) is 3.02. The predicted molar refractivity (Wildman–Crippen MR) is 72.5 cm³/mol. The van der Waals surface area contributed by atoms with Gasteiger partial charge in [0.2, 0.25) is 0 Å². The molecule has 0 aromatic carbocycles. The van der Waals surface area contributed by atoms with Crippen LogP contribution in [0.5, 0.6) is 0 Å². The first-order chi connectivity index (χ1) is 8.13. The standard InChI is InChI=1S/C10H15BrN4OS/c1-15-4-2-3-7(6-15)13-9(16)14-10-12-5-8(11)17-10/h5,7H,2-4,6H2,1H3,(H2,12,13,14,16)/t7-/m1/s1. The van der Waals surface area contributed by atoms with Gasteiger partial charge < -0.3 is 10.2 Å². The van der Waals surface area contributed by atoms with Gasteiger partial charge in [0.05, 0.1) is 9.98 Å². The lowest BCUT2D eigenvalue weighted by Crippen LogP contribution is -2.47. The molecule has 0 radical (unpaired) electrons. The van der Waals surface area contributed by atoms with Crippen molar-refractivity contribution in [2.45, 2.75) is 18.9 Å². The SMILES string of the molecule is CN1CCC[C@@H](NC(=O)Nc2ncc(Br)s2)C1. The first kappa shape index (κ1) is 12.8. The third kappa shape index (κ3) is 3.93. The number of hydrogen-bond acceptors (Lipinski definition) is 4. The first-order valence-corrected chi connectivity index (χ1v) is 7.12. The maximum Gasteiger partial charge on any atom is 0.321 e. The van der Waals surface area contributed by atoms with Gasteiger partial charge in [0, 0.05) is 12.6 Å². The number of nitrogens with one attached hydrogen (secondary N) is 2. The number of amides is 2. The highest BCUT2D eigenvalue weighted by Gasteiger charge is 2.19. The summed E-state index contributed by atoms with van der Waals surface area (Å²) in [7, 11) is 2.07. The molecular weight excluding hydrogens is 304 g/mol. The molecule has 5 nitrogen and oxygen atoms in total. The second-order valence-corrected chi connectivity index (χ2v) is 6.58.